The van der Waals surface area contributed by atoms with E-state index in [0.29, 0.717) is 11.5 Å². The van der Waals surface area contributed by atoms with Crippen LogP contribution in [-0.4, -0.2) is 44.6 Å². The zero-order valence-electron chi connectivity index (χ0n) is 16.1. The number of benzene rings is 1. The second-order valence-electron chi connectivity index (χ2n) is 7.15. The summed E-state index contributed by atoms with van der Waals surface area (Å²) in [6.07, 6.45) is 5.58. The Hall–Kier alpha value is -1.05. The topological polar surface area (TPSA) is 66.5 Å². The molecular weight excluding hydrogens is 368 g/mol. The van der Waals surface area contributed by atoms with Crippen molar-refractivity contribution in [3.63, 3.8) is 0 Å². The summed E-state index contributed by atoms with van der Waals surface area (Å²) in [6.45, 7) is 7.55. The van der Waals surface area contributed by atoms with Crippen molar-refractivity contribution in [3.8, 4) is 0 Å². The van der Waals surface area contributed by atoms with E-state index in [4.69, 9.17) is 0 Å². The Balaban J connectivity index is 2.29. The number of carbonyl (C=O) groups is 1. The van der Waals surface area contributed by atoms with Crippen molar-refractivity contribution in [2.75, 3.05) is 19.3 Å². The molecule has 0 spiro atoms. The number of hydrogen-bond acceptors (Lipinski definition) is 4. The molecule has 1 aromatic carbocycles. The Kier molecular flexibility index (Phi) is 7.55. The molecule has 1 aliphatic heterocycles. The SMILES string of the molecule is CCC[C@H](C)NS(=O)(=O)c1ccc(SC)c(C(=O)N2CCC(C)CC2)c1. The van der Waals surface area contributed by atoms with Crippen molar-refractivity contribution in [2.45, 2.75) is 62.3 Å². The average Bonchev–Trinajstić information content (AvgIpc) is 2.61. The highest BCUT2D eigenvalue weighted by molar-refractivity contribution is 7.98. The van der Waals surface area contributed by atoms with Gasteiger partial charge in [0.15, 0.2) is 0 Å². The Bertz CT molecular complexity index is 726. The van der Waals surface area contributed by atoms with Crippen LogP contribution in [0.4, 0.5) is 0 Å². The van der Waals surface area contributed by atoms with Crippen LogP contribution in [-0.2, 0) is 10.0 Å². The maximum atomic E-state index is 13.0. The van der Waals surface area contributed by atoms with Gasteiger partial charge >= 0.3 is 0 Å². The summed E-state index contributed by atoms with van der Waals surface area (Å²) in [5, 5.41) is 0. The molecule has 1 aromatic rings. The molecule has 1 heterocycles. The molecule has 0 aliphatic carbocycles. The molecular formula is C19H30N2O3S2. The number of piperidine rings is 1. The number of thioether (sulfide) groups is 1. The lowest BCUT2D eigenvalue weighted by atomic mass is 9.98. The van der Waals surface area contributed by atoms with Gasteiger partial charge in [-0.25, -0.2) is 13.1 Å². The minimum absolute atomic E-state index is 0.0695. The van der Waals surface area contributed by atoms with Crippen molar-refractivity contribution in [3.05, 3.63) is 23.8 Å². The lowest BCUT2D eigenvalue weighted by Crippen LogP contribution is -2.38. The Morgan fingerprint density at radius 2 is 2.00 bits per heavy atom. The van der Waals surface area contributed by atoms with Gasteiger partial charge in [-0.1, -0.05) is 20.3 Å². The fourth-order valence-corrected chi connectivity index (χ4v) is 5.10. The van der Waals surface area contributed by atoms with Crippen molar-refractivity contribution < 1.29 is 13.2 Å². The lowest BCUT2D eigenvalue weighted by Gasteiger charge is -2.31. The van der Waals surface area contributed by atoms with Crippen molar-refractivity contribution >= 4 is 27.7 Å². The van der Waals surface area contributed by atoms with Crippen molar-refractivity contribution in [2.24, 2.45) is 5.92 Å². The fourth-order valence-electron chi connectivity index (χ4n) is 3.23. The highest BCUT2D eigenvalue weighted by Gasteiger charge is 2.25. The van der Waals surface area contributed by atoms with Gasteiger partial charge < -0.3 is 4.90 Å². The number of amides is 1. The van der Waals surface area contributed by atoms with E-state index in [-0.39, 0.29) is 16.8 Å². The molecule has 5 nitrogen and oxygen atoms in total. The summed E-state index contributed by atoms with van der Waals surface area (Å²) in [4.78, 5) is 15.8. The van der Waals surface area contributed by atoms with Gasteiger partial charge in [0.2, 0.25) is 10.0 Å². The maximum Gasteiger partial charge on any atom is 0.255 e. The number of sulfonamides is 1. The molecule has 1 fully saturated rings. The Labute approximate surface area is 162 Å². The summed E-state index contributed by atoms with van der Waals surface area (Å²) in [5.41, 5.74) is 0.484. The van der Waals surface area contributed by atoms with E-state index < -0.39 is 10.0 Å². The summed E-state index contributed by atoms with van der Waals surface area (Å²) in [7, 11) is -3.63. The van der Waals surface area contributed by atoms with Gasteiger partial charge in [0.05, 0.1) is 10.5 Å². The largest absolute Gasteiger partial charge is 0.339 e. The predicted molar refractivity (Wildman–Crippen MR) is 107 cm³/mol. The van der Waals surface area contributed by atoms with Gasteiger partial charge in [-0.3, -0.25) is 4.79 Å². The molecule has 26 heavy (non-hydrogen) atoms. The molecule has 146 valence electrons. The maximum absolute atomic E-state index is 13.0. The molecule has 2 rings (SSSR count). The number of nitrogens with one attached hydrogen (secondary N) is 1. The van der Waals surface area contributed by atoms with E-state index in [1.165, 1.54) is 17.8 Å². The zero-order valence-corrected chi connectivity index (χ0v) is 17.8. The molecule has 0 bridgehead atoms. The van der Waals surface area contributed by atoms with Crippen LogP contribution in [0.5, 0.6) is 0 Å². The van der Waals surface area contributed by atoms with Gasteiger partial charge in [0.25, 0.3) is 5.91 Å². The molecule has 0 aromatic heterocycles. The normalized spacial score (nSPS) is 17.3. The third kappa shape index (κ3) is 5.24. The minimum atomic E-state index is -3.63. The molecule has 1 atom stereocenters. The van der Waals surface area contributed by atoms with Crippen molar-refractivity contribution in [1.82, 2.24) is 9.62 Å². The van der Waals surface area contributed by atoms with Gasteiger partial charge in [0, 0.05) is 24.0 Å². The van der Waals surface area contributed by atoms with E-state index in [1.54, 1.807) is 12.1 Å². The van der Waals surface area contributed by atoms with Crippen LogP contribution in [0.3, 0.4) is 0 Å². The highest BCUT2D eigenvalue weighted by Crippen LogP contribution is 2.27. The van der Waals surface area contributed by atoms with Gasteiger partial charge in [0.1, 0.15) is 0 Å². The van der Waals surface area contributed by atoms with E-state index in [0.717, 1.165) is 43.7 Å². The zero-order chi connectivity index (χ0) is 19.3. The van der Waals surface area contributed by atoms with Crippen molar-refractivity contribution in [1.29, 1.82) is 0 Å². The van der Waals surface area contributed by atoms with Gasteiger partial charge in [-0.05, 0) is 56.6 Å². The van der Waals surface area contributed by atoms with Crippen LogP contribution in [0.1, 0.15) is 56.8 Å². The number of rotatable bonds is 7. The van der Waals surface area contributed by atoms with E-state index in [1.807, 2.05) is 25.0 Å². The van der Waals surface area contributed by atoms with Gasteiger partial charge in [-0.2, -0.15) is 0 Å². The number of carbonyl (C=O) groups excluding carboxylic acids is 1. The summed E-state index contributed by atoms with van der Waals surface area (Å²) >= 11 is 1.47. The fraction of sp³-hybridized carbons (Fsp3) is 0.632. The first-order valence-electron chi connectivity index (χ1n) is 9.28. The quantitative estimate of drug-likeness (QED) is 0.711. The monoisotopic (exact) mass is 398 g/mol. The molecule has 0 unspecified atom stereocenters. The van der Waals surface area contributed by atoms with Crippen LogP contribution in [0.25, 0.3) is 0 Å². The molecule has 7 heteroatoms. The number of hydrogen-bond donors (Lipinski definition) is 1. The second kappa shape index (κ2) is 9.24. The summed E-state index contributed by atoms with van der Waals surface area (Å²) in [6, 6.07) is 4.73. The Morgan fingerprint density at radius 3 is 2.58 bits per heavy atom. The molecule has 1 aliphatic rings. The first-order chi connectivity index (χ1) is 12.3. The molecule has 1 N–H and O–H groups in total. The van der Waals surface area contributed by atoms with Crippen LogP contribution >= 0.6 is 11.8 Å². The standard InChI is InChI=1S/C19H30N2O3S2/c1-5-6-15(3)20-26(23,24)16-7-8-18(25-4)17(13-16)19(22)21-11-9-14(2)10-12-21/h7-8,13-15,20H,5-6,9-12H2,1-4H3/t15-/m0/s1. The molecule has 1 amide bonds. The number of likely N-dealkylation sites (tertiary alicyclic amines) is 1. The summed E-state index contributed by atoms with van der Waals surface area (Å²) < 4.78 is 28.0. The molecule has 0 radical (unpaired) electrons. The third-order valence-electron chi connectivity index (χ3n) is 4.86. The van der Waals surface area contributed by atoms with E-state index in [2.05, 4.69) is 11.6 Å². The highest BCUT2D eigenvalue weighted by atomic mass is 32.2. The van der Waals surface area contributed by atoms with Crippen LogP contribution in [0.2, 0.25) is 0 Å². The predicted octanol–water partition coefficient (Wildman–Crippen LogP) is 3.75. The second-order valence-corrected chi connectivity index (χ2v) is 9.71. The van der Waals surface area contributed by atoms with E-state index in [9.17, 15) is 13.2 Å². The van der Waals surface area contributed by atoms with Crippen LogP contribution < -0.4 is 4.72 Å². The first-order valence-corrected chi connectivity index (χ1v) is 12.0. The van der Waals surface area contributed by atoms with E-state index >= 15 is 0 Å². The average molecular weight is 399 g/mol. The van der Waals surface area contributed by atoms with Gasteiger partial charge in [-0.15, -0.1) is 11.8 Å². The minimum Gasteiger partial charge on any atom is -0.339 e. The first kappa shape index (κ1) is 21.3. The third-order valence-corrected chi connectivity index (χ3v) is 7.24. The smallest absolute Gasteiger partial charge is 0.255 e. The number of nitrogens with zero attached hydrogens (tertiary/aromatic N) is 1. The van der Waals surface area contributed by atoms with Crippen LogP contribution in [0.15, 0.2) is 28.0 Å². The van der Waals surface area contributed by atoms with Crippen LogP contribution in [0, 0.1) is 5.92 Å². The summed E-state index contributed by atoms with van der Waals surface area (Å²) in [5.74, 6) is 0.565. The molecule has 1 saturated heterocycles. The molecule has 0 saturated carbocycles. The Morgan fingerprint density at radius 1 is 1.35 bits per heavy atom. The lowest BCUT2D eigenvalue weighted by molar-refractivity contribution is 0.0693.